The molecule has 0 aliphatic carbocycles. The molecule has 1 aliphatic heterocycles. The number of piperidine rings is 1. The number of pyridine rings is 1. The predicted octanol–water partition coefficient (Wildman–Crippen LogP) is 2.72. The first kappa shape index (κ1) is 13.2. The van der Waals surface area contributed by atoms with Gasteiger partial charge in [0, 0.05) is 24.8 Å². The molecule has 1 aliphatic rings. The molecular weight excluding hydrogens is 281 g/mol. The number of aromatic nitrogens is 4. The third-order valence-electron chi connectivity index (χ3n) is 3.20. The third kappa shape index (κ3) is 2.85. The summed E-state index contributed by atoms with van der Waals surface area (Å²) in [6.45, 7) is 1.81. The van der Waals surface area contributed by atoms with Gasteiger partial charge in [-0.1, -0.05) is 0 Å². The summed E-state index contributed by atoms with van der Waals surface area (Å²) >= 11 is 5.96. The van der Waals surface area contributed by atoms with Crippen LogP contribution in [0, 0.1) is 5.82 Å². The minimum absolute atomic E-state index is 0.111. The maximum absolute atomic E-state index is 13.2. The summed E-state index contributed by atoms with van der Waals surface area (Å²) in [5.74, 6) is 0.458. The lowest BCUT2D eigenvalue weighted by Gasteiger charge is -2.26. The lowest BCUT2D eigenvalue weighted by atomic mass is 10.1. The molecular formula is C13H13ClFN5. The van der Waals surface area contributed by atoms with Crippen LogP contribution in [0.1, 0.15) is 19.3 Å². The van der Waals surface area contributed by atoms with E-state index in [2.05, 4.69) is 24.8 Å². The van der Waals surface area contributed by atoms with Crippen LogP contribution >= 0.6 is 11.6 Å². The van der Waals surface area contributed by atoms with Gasteiger partial charge >= 0.3 is 0 Å². The van der Waals surface area contributed by atoms with Gasteiger partial charge in [-0.25, -0.2) is 4.39 Å². The maximum atomic E-state index is 13.2. The highest BCUT2D eigenvalue weighted by atomic mass is 35.5. The minimum atomic E-state index is -0.432. The number of anilines is 1. The zero-order valence-electron chi connectivity index (χ0n) is 10.8. The second-order valence-corrected chi connectivity index (χ2v) is 5.01. The van der Waals surface area contributed by atoms with Crippen LogP contribution in [-0.2, 0) is 0 Å². The first-order chi connectivity index (χ1) is 9.72. The van der Waals surface area contributed by atoms with Crippen molar-refractivity contribution in [2.24, 2.45) is 0 Å². The molecule has 0 saturated carbocycles. The van der Waals surface area contributed by atoms with E-state index in [-0.39, 0.29) is 5.28 Å². The Morgan fingerprint density at radius 1 is 1.05 bits per heavy atom. The number of rotatable bonds is 2. The largest absolute Gasteiger partial charge is 0.341 e. The summed E-state index contributed by atoms with van der Waals surface area (Å²) in [5.41, 5.74) is 0.493. The summed E-state index contributed by atoms with van der Waals surface area (Å²) in [5, 5.41) is 0.111. The van der Waals surface area contributed by atoms with Gasteiger partial charge in [0.1, 0.15) is 5.82 Å². The van der Waals surface area contributed by atoms with Gasteiger partial charge in [-0.05, 0) is 36.9 Å². The molecule has 3 rings (SSSR count). The van der Waals surface area contributed by atoms with Crippen LogP contribution < -0.4 is 4.90 Å². The van der Waals surface area contributed by atoms with Crippen molar-refractivity contribution in [3.63, 3.8) is 0 Å². The number of hydrogen-bond acceptors (Lipinski definition) is 5. The Bertz CT molecular complexity index is 615. The van der Waals surface area contributed by atoms with E-state index in [0.717, 1.165) is 32.1 Å². The molecule has 0 N–H and O–H groups in total. The summed E-state index contributed by atoms with van der Waals surface area (Å²) in [6.07, 6.45) is 6.09. The molecule has 0 unspecified atom stereocenters. The molecule has 20 heavy (non-hydrogen) atoms. The van der Waals surface area contributed by atoms with Crippen molar-refractivity contribution in [3.05, 3.63) is 29.6 Å². The second-order valence-electron chi connectivity index (χ2n) is 4.67. The molecule has 3 heterocycles. The Balaban J connectivity index is 1.97. The van der Waals surface area contributed by atoms with Gasteiger partial charge in [0.2, 0.25) is 11.2 Å². The fourth-order valence-corrected chi connectivity index (χ4v) is 2.39. The molecule has 2 aromatic heterocycles. The highest BCUT2D eigenvalue weighted by molar-refractivity contribution is 6.28. The smallest absolute Gasteiger partial charge is 0.230 e. The van der Waals surface area contributed by atoms with Crippen molar-refractivity contribution in [2.75, 3.05) is 18.0 Å². The lowest BCUT2D eigenvalue weighted by Crippen LogP contribution is -2.31. The molecule has 0 spiro atoms. The van der Waals surface area contributed by atoms with E-state index in [1.165, 1.54) is 18.7 Å². The van der Waals surface area contributed by atoms with Crippen LogP contribution in [0.2, 0.25) is 5.28 Å². The Labute approximate surface area is 120 Å². The summed E-state index contributed by atoms with van der Waals surface area (Å²) in [7, 11) is 0. The number of hydrogen-bond donors (Lipinski definition) is 0. The fourth-order valence-electron chi connectivity index (χ4n) is 2.24. The molecule has 0 bridgehead atoms. The van der Waals surface area contributed by atoms with Crippen molar-refractivity contribution in [2.45, 2.75) is 19.3 Å². The molecule has 104 valence electrons. The Hall–Kier alpha value is -1.82. The monoisotopic (exact) mass is 293 g/mol. The molecule has 1 saturated heterocycles. The van der Waals surface area contributed by atoms with Gasteiger partial charge in [-0.2, -0.15) is 15.0 Å². The number of halogens is 2. The average molecular weight is 294 g/mol. The van der Waals surface area contributed by atoms with Gasteiger partial charge < -0.3 is 4.90 Å². The fraction of sp³-hybridized carbons (Fsp3) is 0.385. The van der Waals surface area contributed by atoms with Gasteiger partial charge in [0.25, 0.3) is 0 Å². The van der Waals surface area contributed by atoms with Crippen LogP contribution in [0.25, 0.3) is 11.4 Å². The first-order valence-corrected chi connectivity index (χ1v) is 6.87. The predicted molar refractivity (Wildman–Crippen MR) is 74.1 cm³/mol. The highest BCUT2D eigenvalue weighted by Crippen LogP contribution is 2.21. The van der Waals surface area contributed by atoms with Crippen molar-refractivity contribution >= 4 is 17.5 Å². The third-order valence-corrected chi connectivity index (χ3v) is 3.37. The molecule has 7 heteroatoms. The molecule has 5 nitrogen and oxygen atoms in total. The van der Waals surface area contributed by atoms with Crippen LogP contribution in [0.4, 0.5) is 10.3 Å². The highest BCUT2D eigenvalue weighted by Gasteiger charge is 2.16. The molecule has 2 aromatic rings. The average Bonchev–Trinajstić information content (AvgIpc) is 2.47. The Kier molecular flexibility index (Phi) is 3.73. The SMILES string of the molecule is Fc1cncc(-c2nc(Cl)nc(N3CCCCC3)n2)c1. The Morgan fingerprint density at radius 3 is 2.60 bits per heavy atom. The molecule has 0 aromatic carbocycles. The quantitative estimate of drug-likeness (QED) is 0.852. The maximum Gasteiger partial charge on any atom is 0.230 e. The zero-order chi connectivity index (χ0) is 13.9. The summed E-state index contributed by atoms with van der Waals surface area (Å²) in [4.78, 5) is 18.5. The van der Waals surface area contributed by atoms with Crippen molar-refractivity contribution in [1.29, 1.82) is 0 Å². The van der Waals surface area contributed by atoms with Gasteiger partial charge in [0.05, 0.1) is 6.20 Å². The molecule has 0 radical (unpaired) electrons. The van der Waals surface area contributed by atoms with E-state index < -0.39 is 5.82 Å². The normalized spacial score (nSPS) is 15.4. The van der Waals surface area contributed by atoms with Gasteiger partial charge in [-0.15, -0.1) is 0 Å². The van der Waals surface area contributed by atoms with Crippen molar-refractivity contribution in [1.82, 2.24) is 19.9 Å². The lowest BCUT2D eigenvalue weighted by molar-refractivity contribution is 0.567. The first-order valence-electron chi connectivity index (χ1n) is 6.50. The molecule has 1 fully saturated rings. The van der Waals surface area contributed by atoms with E-state index in [0.29, 0.717) is 17.3 Å². The zero-order valence-corrected chi connectivity index (χ0v) is 11.5. The molecule has 0 atom stereocenters. The van der Waals surface area contributed by atoms with Crippen molar-refractivity contribution < 1.29 is 4.39 Å². The van der Waals surface area contributed by atoms with E-state index in [1.807, 2.05) is 0 Å². The second kappa shape index (κ2) is 5.66. The summed E-state index contributed by atoms with van der Waals surface area (Å²) in [6, 6.07) is 1.33. The number of nitrogens with zero attached hydrogens (tertiary/aromatic N) is 5. The van der Waals surface area contributed by atoms with E-state index in [9.17, 15) is 4.39 Å². The van der Waals surface area contributed by atoms with Crippen molar-refractivity contribution in [3.8, 4) is 11.4 Å². The van der Waals surface area contributed by atoms with Crippen LogP contribution in [0.15, 0.2) is 18.5 Å². The van der Waals surface area contributed by atoms with E-state index >= 15 is 0 Å². The van der Waals surface area contributed by atoms with Crippen LogP contribution in [0.3, 0.4) is 0 Å². The summed E-state index contributed by atoms with van der Waals surface area (Å²) < 4.78 is 13.2. The van der Waals surface area contributed by atoms with Crippen LogP contribution in [-0.4, -0.2) is 33.0 Å². The van der Waals surface area contributed by atoms with Crippen LogP contribution in [0.5, 0.6) is 0 Å². The van der Waals surface area contributed by atoms with E-state index in [4.69, 9.17) is 11.6 Å². The minimum Gasteiger partial charge on any atom is -0.341 e. The topological polar surface area (TPSA) is 54.8 Å². The Morgan fingerprint density at radius 2 is 1.85 bits per heavy atom. The molecule has 0 amide bonds. The van der Waals surface area contributed by atoms with Gasteiger partial charge in [0.15, 0.2) is 5.82 Å². The standard InChI is InChI=1S/C13H13ClFN5/c14-12-17-11(9-6-10(15)8-16-7-9)18-13(19-12)20-4-2-1-3-5-20/h6-8H,1-5H2. The van der Waals surface area contributed by atoms with Gasteiger partial charge in [-0.3, -0.25) is 4.98 Å². The van der Waals surface area contributed by atoms with E-state index in [1.54, 1.807) is 0 Å².